The van der Waals surface area contributed by atoms with E-state index in [-0.39, 0.29) is 0 Å². The van der Waals surface area contributed by atoms with Crippen LogP contribution in [0.5, 0.6) is 0 Å². The molecule has 9 heteroatoms. The number of nitrogens with zero attached hydrogens (tertiary/aromatic N) is 7. The van der Waals surface area contributed by atoms with Gasteiger partial charge in [0.05, 0.1) is 11.8 Å². The van der Waals surface area contributed by atoms with Gasteiger partial charge in [-0.25, -0.2) is 4.98 Å². The number of piperidine rings is 1. The van der Waals surface area contributed by atoms with Crippen LogP contribution in [-0.4, -0.2) is 54.9 Å². The lowest BCUT2D eigenvalue weighted by Crippen LogP contribution is -2.32. The van der Waals surface area contributed by atoms with Crippen LogP contribution in [0.15, 0.2) is 78.9 Å². The molecule has 4 heterocycles. The van der Waals surface area contributed by atoms with Crippen molar-refractivity contribution in [3.8, 4) is 11.4 Å². The lowest BCUT2D eigenvalue weighted by molar-refractivity contribution is 0.257. The van der Waals surface area contributed by atoms with Crippen LogP contribution >= 0.6 is 0 Å². The number of aromatic nitrogens is 7. The number of anilines is 1. The molecule has 1 N–H and O–H groups in total. The maximum atomic E-state index is 5.91. The standard InChI is InChI=1S/C27H30N8O/c1-3-22(14-13-20(2)36-19-21-11-7-4-5-8-12-21)23-17-28-26-24(25-30-32-33-31-25)18-29-35(26)27(23)34-15-9-6-10-16-34/h3-5,7,11-14,17-18H,2,6,8-10,15-16,19H2,1H3,(H,30,31,32,33)/b14-13-,22-3+. The number of H-pyrrole nitrogens is 1. The van der Waals surface area contributed by atoms with Crippen LogP contribution < -0.4 is 4.90 Å². The highest BCUT2D eigenvalue weighted by Gasteiger charge is 2.23. The topological polar surface area (TPSA) is 97.1 Å². The van der Waals surface area contributed by atoms with Gasteiger partial charge in [-0.3, -0.25) is 0 Å². The second-order valence-corrected chi connectivity index (χ2v) is 8.71. The number of ether oxygens (including phenoxy) is 1. The van der Waals surface area contributed by atoms with Gasteiger partial charge in [0.25, 0.3) is 0 Å². The summed E-state index contributed by atoms with van der Waals surface area (Å²) in [4.78, 5) is 7.15. The molecule has 0 unspecified atom stereocenters. The predicted octanol–water partition coefficient (Wildman–Crippen LogP) is 4.83. The van der Waals surface area contributed by atoms with Crippen LogP contribution in [0, 0.1) is 0 Å². The highest BCUT2D eigenvalue weighted by atomic mass is 16.5. The fourth-order valence-corrected chi connectivity index (χ4v) is 4.45. The van der Waals surface area contributed by atoms with Crippen molar-refractivity contribution >= 4 is 17.0 Å². The van der Waals surface area contributed by atoms with Gasteiger partial charge < -0.3 is 9.64 Å². The molecular formula is C27H30N8O. The van der Waals surface area contributed by atoms with Crippen molar-refractivity contribution < 1.29 is 4.74 Å². The van der Waals surface area contributed by atoms with Crippen molar-refractivity contribution in [2.75, 3.05) is 24.6 Å². The SMILES string of the molecule is C=C(/C=C\C(=C/C)c1cnc2c(-c3nn[nH]n3)cnn2c1N1CCCCC1)OCC1=CCC=CC=C1. The summed E-state index contributed by atoms with van der Waals surface area (Å²) in [5.74, 6) is 2.09. The Bertz CT molecular complexity index is 1370. The summed E-state index contributed by atoms with van der Waals surface area (Å²) in [6, 6.07) is 0. The molecule has 1 aliphatic heterocycles. The van der Waals surface area contributed by atoms with E-state index in [1.165, 1.54) is 6.42 Å². The van der Waals surface area contributed by atoms with Crippen molar-refractivity contribution in [3.63, 3.8) is 0 Å². The third-order valence-corrected chi connectivity index (χ3v) is 6.31. The van der Waals surface area contributed by atoms with E-state index >= 15 is 0 Å². The monoisotopic (exact) mass is 482 g/mol. The Morgan fingerprint density at radius 2 is 2.06 bits per heavy atom. The van der Waals surface area contributed by atoms with E-state index in [0.717, 1.165) is 60.4 Å². The smallest absolute Gasteiger partial charge is 0.210 e. The first-order chi connectivity index (χ1) is 17.7. The van der Waals surface area contributed by atoms with Crippen molar-refractivity contribution in [3.05, 3.63) is 84.5 Å². The Labute approximate surface area is 210 Å². The molecule has 9 nitrogen and oxygen atoms in total. The van der Waals surface area contributed by atoms with Crippen LogP contribution in [-0.2, 0) is 4.74 Å². The molecule has 0 saturated carbocycles. The molecule has 36 heavy (non-hydrogen) atoms. The molecule has 0 atom stereocenters. The van der Waals surface area contributed by atoms with E-state index in [1.807, 2.05) is 41.9 Å². The predicted molar refractivity (Wildman–Crippen MR) is 141 cm³/mol. The zero-order valence-electron chi connectivity index (χ0n) is 20.5. The minimum atomic E-state index is 0.476. The quantitative estimate of drug-likeness (QED) is 0.363. The molecule has 0 bridgehead atoms. The summed E-state index contributed by atoms with van der Waals surface area (Å²) in [6.45, 7) is 8.54. The van der Waals surface area contributed by atoms with Crippen molar-refractivity contribution in [2.45, 2.75) is 32.6 Å². The zero-order chi connectivity index (χ0) is 24.7. The Morgan fingerprint density at radius 1 is 1.17 bits per heavy atom. The van der Waals surface area contributed by atoms with Gasteiger partial charge in [-0.15, -0.1) is 10.2 Å². The summed E-state index contributed by atoms with van der Waals surface area (Å²) in [7, 11) is 0. The highest BCUT2D eigenvalue weighted by molar-refractivity contribution is 5.83. The molecule has 0 radical (unpaired) electrons. The third-order valence-electron chi connectivity index (χ3n) is 6.31. The number of allylic oxidation sites excluding steroid dienone is 8. The zero-order valence-corrected chi connectivity index (χ0v) is 20.5. The second-order valence-electron chi connectivity index (χ2n) is 8.71. The molecule has 2 aliphatic rings. The van der Waals surface area contributed by atoms with Gasteiger partial charge in [-0.1, -0.05) is 49.1 Å². The fourth-order valence-electron chi connectivity index (χ4n) is 4.45. The van der Waals surface area contributed by atoms with Crippen LogP contribution in [0.2, 0.25) is 0 Å². The first kappa shape index (κ1) is 23.5. The Morgan fingerprint density at radius 3 is 2.86 bits per heavy atom. The number of hydrogen-bond donors (Lipinski definition) is 1. The van der Waals surface area contributed by atoms with Gasteiger partial charge >= 0.3 is 0 Å². The maximum Gasteiger partial charge on any atom is 0.210 e. The maximum absolute atomic E-state index is 5.91. The number of fused-ring (bicyclic) bond motifs is 1. The summed E-state index contributed by atoms with van der Waals surface area (Å²) >= 11 is 0. The molecule has 0 amide bonds. The number of tetrazole rings is 1. The second kappa shape index (κ2) is 11.0. The molecule has 1 saturated heterocycles. The Kier molecular flexibility index (Phi) is 7.16. The first-order valence-electron chi connectivity index (χ1n) is 12.3. The number of aromatic amines is 1. The molecule has 0 aromatic carbocycles. The van der Waals surface area contributed by atoms with Crippen molar-refractivity contribution in [1.29, 1.82) is 0 Å². The van der Waals surface area contributed by atoms with E-state index < -0.39 is 0 Å². The van der Waals surface area contributed by atoms with Gasteiger partial charge in [0.1, 0.15) is 18.2 Å². The summed E-state index contributed by atoms with van der Waals surface area (Å²) < 4.78 is 7.80. The average molecular weight is 483 g/mol. The van der Waals surface area contributed by atoms with Crippen LogP contribution in [0.3, 0.4) is 0 Å². The highest BCUT2D eigenvalue weighted by Crippen LogP contribution is 2.32. The van der Waals surface area contributed by atoms with Crippen LogP contribution in [0.25, 0.3) is 22.6 Å². The van der Waals surface area contributed by atoms with Crippen molar-refractivity contribution in [1.82, 2.24) is 35.2 Å². The third kappa shape index (κ3) is 5.05. The molecule has 184 valence electrons. The molecular weight excluding hydrogens is 452 g/mol. The van der Waals surface area contributed by atoms with Gasteiger partial charge in [0.2, 0.25) is 5.82 Å². The van der Waals surface area contributed by atoms with Crippen LogP contribution in [0.4, 0.5) is 5.82 Å². The van der Waals surface area contributed by atoms with Gasteiger partial charge in [-0.2, -0.15) is 14.8 Å². The molecule has 1 aliphatic carbocycles. The first-order valence-corrected chi connectivity index (χ1v) is 12.3. The lowest BCUT2D eigenvalue weighted by Gasteiger charge is -2.30. The fraction of sp³-hybridized carbons (Fsp3) is 0.296. The van der Waals surface area contributed by atoms with E-state index in [9.17, 15) is 0 Å². The largest absolute Gasteiger partial charge is 0.490 e. The number of rotatable bonds is 8. The summed E-state index contributed by atoms with van der Waals surface area (Å²) in [5.41, 5.74) is 4.60. The van der Waals surface area contributed by atoms with E-state index in [4.69, 9.17) is 14.8 Å². The lowest BCUT2D eigenvalue weighted by atomic mass is 10.0. The van der Waals surface area contributed by atoms with E-state index in [1.54, 1.807) is 6.20 Å². The number of hydrogen-bond acceptors (Lipinski definition) is 7. The molecule has 5 rings (SSSR count). The Hall–Kier alpha value is -4.27. The normalized spacial score (nSPS) is 16.5. The van der Waals surface area contributed by atoms with Gasteiger partial charge in [0, 0.05) is 24.8 Å². The summed E-state index contributed by atoms with van der Waals surface area (Å²) in [5, 5.41) is 19.1. The molecule has 0 spiro atoms. The molecule has 1 fully saturated rings. The minimum Gasteiger partial charge on any atom is -0.490 e. The minimum absolute atomic E-state index is 0.476. The molecule has 3 aromatic rings. The number of nitrogens with one attached hydrogen (secondary N) is 1. The Balaban J connectivity index is 1.43. The van der Waals surface area contributed by atoms with E-state index in [2.05, 4.69) is 56.4 Å². The average Bonchev–Trinajstić information content (AvgIpc) is 3.52. The summed E-state index contributed by atoms with van der Waals surface area (Å²) in [6.07, 6.45) is 24.5. The van der Waals surface area contributed by atoms with Crippen LogP contribution in [0.1, 0.15) is 38.2 Å². The van der Waals surface area contributed by atoms with E-state index in [0.29, 0.717) is 23.8 Å². The van der Waals surface area contributed by atoms with Crippen molar-refractivity contribution in [2.24, 2.45) is 0 Å². The molecule has 3 aromatic heterocycles. The van der Waals surface area contributed by atoms with Gasteiger partial charge in [0.15, 0.2) is 5.65 Å². The van der Waals surface area contributed by atoms with Gasteiger partial charge in [-0.05, 0) is 55.0 Å².